The SMILES string of the molecule is CC(N)c1ccc(OC2CCN(C(=O)OC(C)(C)C)CC2)cc1. The van der Waals surface area contributed by atoms with Gasteiger partial charge in [0.05, 0.1) is 0 Å². The highest BCUT2D eigenvalue weighted by Gasteiger charge is 2.27. The number of ether oxygens (including phenoxy) is 2. The molecule has 1 fully saturated rings. The molecule has 0 bridgehead atoms. The second-order valence-corrected chi connectivity index (χ2v) is 7.14. The van der Waals surface area contributed by atoms with Crippen LogP contribution in [0.25, 0.3) is 0 Å². The van der Waals surface area contributed by atoms with Crippen molar-refractivity contribution in [2.45, 2.75) is 58.3 Å². The number of benzene rings is 1. The molecule has 1 atom stereocenters. The summed E-state index contributed by atoms with van der Waals surface area (Å²) in [4.78, 5) is 13.8. The van der Waals surface area contributed by atoms with Crippen LogP contribution >= 0.6 is 0 Å². The van der Waals surface area contributed by atoms with Crippen molar-refractivity contribution in [1.82, 2.24) is 4.90 Å². The van der Waals surface area contributed by atoms with Gasteiger partial charge in [-0.25, -0.2) is 4.79 Å². The number of nitrogens with zero attached hydrogens (tertiary/aromatic N) is 1. The summed E-state index contributed by atoms with van der Waals surface area (Å²) >= 11 is 0. The standard InChI is InChI=1S/C18H28N2O3/c1-13(19)14-5-7-15(8-6-14)22-16-9-11-20(12-10-16)17(21)23-18(2,3)4/h5-8,13,16H,9-12,19H2,1-4H3. The molecule has 2 N–H and O–H groups in total. The van der Waals surface area contributed by atoms with Crippen LogP contribution in [-0.4, -0.2) is 35.8 Å². The summed E-state index contributed by atoms with van der Waals surface area (Å²) in [6, 6.07) is 7.94. The Morgan fingerprint density at radius 2 is 1.78 bits per heavy atom. The molecule has 1 aromatic carbocycles. The average Bonchev–Trinajstić information content (AvgIpc) is 2.46. The van der Waals surface area contributed by atoms with E-state index in [1.165, 1.54) is 0 Å². The minimum Gasteiger partial charge on any atom is -0.490 e. The number of nitrogens with two attached hydrogens (primary N) is 1. The molecule has 0 saturated carbocycles. The zero-order valence-electron chi connectivity index (χ0n) is 14.5. The van der Waals surface area contributed by atoms with Crippen molar-refractivity contribution in [2.75, 3.05) is 13.1 Å². The van der Waals surface area contributed by atoms with Gasteiger partial charge in [-0.2, -0.15) is 0 Å². The van der Waals surface area contributed by atoms with E-state index in [0.717, 1.165) is 24.2 Å². The van der Waals surface area contributed by atoms with Crippen LogP contribution in [0.4, 0.5) is 4.79 Å². The summed E-state index contributed by atoms with van der Waals surface area (Å²) in [6.45, 7) is 8.93. The molecule has 0 radical (unpaired) electrons. The number of likely N-dealkylation sites (tertiary alicyclic amines) is 1. The summed E-state index contributed by atoms with van der Waals surface area (Å²) in [6.07, 6.45) is 1.52. The van der Waals surface area contributed by atoms with Crippen LogP contribution < -0.4 is 10.5 Å². The highest BCUT2D eigenvalue weighted by Crippen LogP contribution is 2.22. The molecule has 1 aliphatic heterocycles. The fraction of sp³-hybridized carbons (Fsp3) is 0.611. The first-order chi connectivity index (χ1) is 10.7. The van der Waals surface area contributed by atoms with E-state index >= 15 is 0 Å². The number of carbonyl (C=O) groups excluding carboxylic acids is 1. The van der Waals surface area contributed by atoms with E-state index in [9.17, 15) is 4.79 Å². The van der Waals surface area contributed by atoms with Crippen molar-refractivity contribution < 1.29 is 14.3 Å². The first-order valence-corrected chi connectivity index (χ1v) is 8.25. The van der Waals surface area contributed by atoms with Crippen molar-refractivity contribution in [1.29, 1.82) is 0 Å². The summed E-state index contributed by atoms with van der Waals surface area (Å²) in [7, 11) is 0. The van der Waals surface area contributed by atoms with E-state index in [1.807, 2.05) is 52.0 Å². The number of piperidine rings is 1. The van der Waals surface area contributed by atoms with Gasteiger partial charge in [0.1, 0.15) is 17.5 Å². The summed E-state index contributed by atoms with van der Waals surface area (Å²) < 4.78 is 11.4. The number of rotatable bonds is 3. The Morgan fingerprint density at radius 1 is 1.22 bits per heavy atom. The lowest BCUT2D eigenvalue weighted by Crippen LogP contribution is -2.44. The van der Waals surface area contributed by atoms with E-state index in [4.69, 9.17) is 15.2 Å². The van der Waals surface area contributed by atoms with Crippen LogP contribution in [0.1, 0.15) is 52.1 Å². The largest absolute Gasteiger partial charge is 0.490 e. The molecular weight excluding hydrogens is 292 g/mol. The zero-order chi connectivity index (χ0) is 17.0. The van der Waals surface area contributed by atoms with Crippen LogP contribution in [-0.2, 0) is 4.74 Å². The van der Waals surface area contributed by atoms with Gasteiger partial charge in [0, 0.05) is 32.0 Å². The average molecular weight is 320 g/mol. The molecule has 1 amide bonds. The number of amides is 1. The third-order valence-electron chi connectivity index (χ3n) is 3.80. The predicted molar refractivity (Wildman–Crippen MR) is 90.5 cm³/mol. The molecule has 0 aromatic heterocycles. The van der Waals surface area contributed by atoms with Gasteiger partial charge < -0.3 is 20.1 Å². The van der Waals surface area contributed by atoms with Crippen molar-refractivity contribution in [3.05, 3.63) is 29.8 Å². The number of carbonyl (C=O) groups is 1. The lowest BCUT2D eigenvalue weighted by molar-refractivity contribution is 0.0126. The lowest BCUT2D eigenvalue weighted by Gasteiger charge is -2.33. The minimum atomic E-state index is -0.452. The minimum absolute atomic E-state index is 0.0288. The summed E-state index contributed by atoms with van der Waals surface area (Å²) in [5, 5.41) is 0. The van der Waals surface area contributed by atoms with Crippen LogP contribution in [0.2, 0.25) is 0 Å². The molecule has 2 rings (SSSR count). The van der Waals surface area contributed by atoms with Gasteiger partial charge >= 0.3 is 6.09 Å². The predicted octanol–water partition coefficient (Wildman–Crippen LogP) is 3.48. The monoisotopic (exact) mass is 320 g/mol. The number of hydrogen-bond acceptors (Lipinski definition) is 4. The topological polar surface area (TPSA) is 64.8 Å². The molecule has 1 aromatic rings. The van der Waals surface area contributed by atoms with Crippen LogP contribution in [0.3, 0.4) is 0 Å². The molecule has 128 valence electrons. The second-order valence-electron chi connectivity index (χ2n) is 7.14. The van der Waals surface area contributed by atoms with Crippen LogP contribution in [0.15, 0.2) is 24.3 Å². The van der Waals surface area contributed by atoms with Crippen molar-refractivity contribution in [3.8, 4) is 5.75 Å². The first kappa shape index (κ1) is 17.6. The molecule has 5 heteroatoms. The zero-order valence-corrected chi connectivity index (χ0v) is 14.5. The normalized spacial score (nSPS) is 17.7. The smallest absolute Gasteiger partial charge is 0.410 e. The lowest BCUT2D eigenvalue weighted by atomic mass is 10.1. The van der Waals surface area contributed by atoms with Gasteiger partial charge in [-0.1, -0.05) is 12.1 Å². The van der Waals surface area contributed by atoms with Crippen molar-refractivity contribution in [3.63, 3.8) is 0 Å². The second kappa shape index (κ2) is 7.21. The maximum atomic E-state index is 12.0. The molecule has 1 unspecified atom stereocenters. The Labute approximate surface area is 138 Å². The van der Waals surface area contributed by atoms with Gasteiger partial charge in [-0.3, -0.25) is 0 Å². The van der Waals surface area contributed by atoms with E-state index in [1.54, 1.807) is 4.90 Å². The van der Waals surface area contributed by atoms with Gasteiger partial charge in [0.2, 0.25) is 0 Å². The molecule has 1 saturated heterocycles. The van der Waals surface area contributed by atoms with Gasteiger partial charge in [0.15, 0.2) is 0 Å². The highest BCUT2D eigenvalue weighted by atomic mass is 16.6. The van der Waals surface area contributed by atoms with E-state index in [2.05, 4.69) is 0 Å². The Kier molecular flexibility index (Phi) is 5.52. The van der Waals surface area contributed by atoms with E-state index in [0.29, 0.717) is 13.1 Å². The molecule has 0 aliphatic carbocycles. The van der Waals surface area contributed by atoms with Gasteiger partial charge in [0.25, 0.3) is 0 Å². The Hall–Kier alpha value is -1.75. The van der Waals surface area contributed by atoms with Crippen LogP contribution in [0.5, 0.6) is 5.75 Å². The maximum absolute atomic E-state index is 12.0. The molecular formula is C18H28N2O3. The Morgan fingerprint density at radius 3 is 2.26 bits per heavy atom. The molecule has 0 spiro atoms. The number of hydrogen-bond donors (Lipinski definition) is 1. The fourth-order valence-corrected chi connectivity index (χ4v) is 2.53. The molecule has 5 nitrogen and oxygen atoms in total. The maximum Gasteiger partial charge on any atom is 0.410 e. The van der Waals surface area contributed by atoms with Crippen molar-refractivity contribution in [2.24, 2.45) is 5.73 Å². The van der Waals surface area contributed by atoms with E-state index < -0.39 is 5.60 Å². The molecule has 1 heterocycles. The van der Waals surface area contributed by atoms with Crippen molar-refractivity contribution >= 4 is 6.09 Å². The van der Waals surface area contributed by atoms with Gasteiger partial charge in [-0.15, -0.1) is 0 Å². The molecule has 23 heavy (non-hydrogen) atoms. The van der Waals surface area contributed by atoms with Gasteiger partial charge in [-0.05, 0) is 45.4 Å². The molecule has 1 aliphatic rings. The first-order valence-electron chi connectivity index (χ1n) is 8.25. The highest BCUT2D eigenvalue weighted by molar-refractivity contribution is 5.68. The summed E-state index contributed by atoms with van der Waals surface area (Å²) in [5.41, 5.74) is 6.49. The third-order valence-corrected chi connectivity index (χ3v) is 3.80. The summed E-state index contributed by atoms with van der Waals surface area (Å²) in [5.74, 6) is 0.852. The van der Waals surface area contributed by atoms with E-state index in [-0.39, 0.29) is 18.2 Å². The third kappa shape index (κ3) is 5.43. The Bertz CT molecular complexity index is 512. The fourth-order valence-electron chi connectivity index (χ4n) is 2.53. The van der Waals surface area contributed by atoms with Crippen LogP contribution in [0, 0.1) is 0 Å². The Balaban J connectivity index is 1.81. The quantitative estimate of drug-likeness (QED) is 0.926.